The Balaban J connectivity index is 4.11. The second kappa shape index (κ2) is 5.02. The predicted octanol–water partition coefficient (Wildman–Crippen LogP) is 1.88. The maximum atomic E-state index is 5.04. The minimum absolute atomic E-state index is 0.0538. The van der Waals surface area contributed by atoms with Gasteiger partial charge in [0.05, 0.1) is 11.8 Å². The number of methoxy groups -OCH3 is 1. The molecule has 0 bridgehead atoms. The molecule has 64 valence electrons. The van der Waals surface area contributed by atoms with Crippen LogP contribution >= 0.6 is 0 Å². The fourth-order valence-corrected chi connectivity index (χ4v) is 0.431. The van der Waals surface area contributed by atoms with Crippen molar-refractivity contribution in [3.05, 3.63) is 0 Å². The molecule has 11 heavy (non-hydrogen) atoms. The smallest absolute Gasteiger partial charge is 0.0939 e. The van der Waals surface area contributed by atoms with E-state index in [4.69, 9.17) is 4.74 Å². The van der Waals surface area contributed by atoms with Crippen LogP contribution in [0.2, 0.25) is 0 Å². The molecule has 0 saturated carbocycles. The molecule has 0 rings (SSSR count). The quantitative estimate of drug-likeness (QED) is 0.453. The Kier molecular flexibility index (Phi) is 4.70. The van der Waals surface area contributed by atoms with Gasteiger partial charge in [-0.05, 0) is 27.7 Å². The van der Waals surface area contributed by atoms with Gasteiger partial charge in [0.2, 0.25) is 0 Å². The van der Waals surface area contributed by atoms with Gasteiger partial charge in [-0.3, -0.25) is 0 Å². The second-order valence-electron chi connectivity index (χ2n) is 2.67. The largest absolute Gasteiger partial charge is 0.376 e. The maximum absolute atomic E-state index is 5.04. The third-order valence-corrected chi connectivity index (χ3v) is 1.35. The van der Waals surface area contributed by atoms with Crippen molar-refractivity contribution >= 4 is 11.4 Å². The van der Waals surface area contributed by atoms with Crippen molar-refractivity contribution in [1.29, 1.82) is 0 Å². The molecule has 3 heteroatoms. The summed E-state index contributed by atoms with van der Waals surface area (Å²) >= 11 is 0. The van der Waals surface area contributed by atoms with Gasteiger partial charge in [-0.25, -0.2) is 0 Å². The van der Waals surface area contributed by atoms with Crippen molar-refractivity contribution in [2.24, 2.45) is 10.2 Å². The van der Waals surface area contributed by atoms with Gasteiger partial charge in [0, 0.05) is 12.8 Å². The van der Waals surface area contributed by atoms with Gasteiger partial charge in [-0.1, -0.05) is 0 Å². The average molecular weight is 156 g/mol. The molecule has 1 unspecified atom stereocenters. The molecule has 0 aliphatic heterocycles. The summed E-state index contributed by atoms with van der Waals surface area (Å²) < 4.78 is 5.04. The molecule has 0 aromatic carbocycles. The summed E-state index contributed by atoms with van der Waals surface area (Å²) in [5.74, 6) is 0. The highest BCUT2D eigenvalue weighted by Gasteiger charge is 2.01. The van der Waals surface area contributed by atoms with E-state index in [1.807, 2.05) is 27.7 Å². The lowest BCUT2D eigenvalue weighted by atomic mass is 10.3. The second-order valence-corrected chi connectivity index (χ2v) is 2.67. The van der Waals surface area contributed by atoms with Gasteiger partial charge < -0.3 is 4.74 Å². The molecule has 3 nitrogen and oxygen atoms in total. The third-order valence-electron chi connectivity index (χ3n) is 1.35. The first-order valence-electron chi connectivity index (χ1n) is 3.66. The van der Waals surface area contributed by atoms with Crippen LogP contribution in [0.4, 0.5) is 0 Å². The highest BCUT2D eigenvalue weighted by molar-refractivity contribution is 5.87. The summed E-state index contributed by atoms with van der Waals surface area (Å²) in [4.78, 5) is 0. The van der Waals surface area contributed by atoms with Crippen LogP contribution in [0.15, 0.2) is 10.2 Å². The molecular weight excluding hydrogens is 140 g/mol. The Bertz CT molecular complexity index is 169. The summed E-state index contributed by atoms with van der Waals surface area (Å²) in [6.07, 6.45) is 0.0538. The minimum Gasteiger partial charge on any atom is -0.376 e. The lowest BCUT2D eigenvalue weighted by molar-refractivity contribution is 0.170. The molecule has 1 atom stereocenters. The summed E-state index contributed by atoms with van der Waals surface area (Å²) in [6.45, 7) is 7.67. The number of rotatable bonds is 3. The molecule has 0 aliphatic rings. The van der Waals surface area contributed by atoms with Gasteiger partial charge in [0.25, 0.3) is 0 Å². The third kappa shape index (κ3) is 4.67. The fourth-order valence-electron chi connectivity index (χ4n) is 0.431. The highest BCUT2D eigenvalue weighted by atomic mass is 16.5. The zero-order chi connectivity index (χ0) is 8.85. The van der Waals surface area contributed by atoms with E-state index in [9.17, 15) is 0 Å². The van der Waals surface area contributed by atoms with E-state index in [0.717, 1.165) is 11.4 Å². The Morgan fingerprint density at radius 3 is 2.09 bits per heavy atom. The molecule has 0 heterocycles. The molecule has 0 aromatic heterocycles. The van der Waals surface area contributed by atoms with E-state index in [-0.39, 0.29) is 6.10 Å². The van der Waals surface area contributed by atoms with Crippen LogP contribution in [0.25, 0.3) is 0 Å². The number of hydrogen-bond acceptors (Lipinski definition) is 3. The van der Waals surface area contributed by atoms with Crippen LogP contribution in [-0.2, 0) is 4.74 Å². The first kappa shape index (κ1) is 10.3. The maximum Gasteiger partial charge on any atom is 0.0939 e. The molecule has 0 aromatic rings. The van der Waals surface area contributed by atoms with Crippen LogP contribution < -0.4 is 0 Å². The normalized spacial score (nSPS) is 14.5. The zero-order valence-corrected chi connectivity index (χ0v) is 7.88. The molecule has 0 amide bonds. The lowest BCUT2D eigenvalue weighted by Crippen LogP contribution is -2.15. The molecule has 0 fully saturated rings. The van der Waals surface area contributed by atoms with Crippen molar-refractivity contribution in [2.45, 2.75) is 33.8 Å². The van der Waals surface area contributed by atoms with Crippen LogP contribution in [0, 0.1) is 0 Å². The lowest BCUT2D eigenvalue weighted by Gasteiger charge is -2.05. The van der Waals surface area contributed by atoms with Gasteiger partial charge >= 0.3 is 0 Å². The summed E-state index contributed by atoms with van der Waals surface area (Å²) in [7, 11) is 1.66. The number of nitrogens with zero attached hydrogens (tertiary/aromatic N) is 2. The standard InChI is InChI=1S/C8H16N2O/c1-6(2)9-10-7(3)8(4)11-5/h8H,1-5H3/b10-7-. The number of ether oxygens (including phenoxy) is 1. The van der Waals surface area contributed by atoms with Crippen molar-refractivity contribution in [2.75, 3.05) is 7.11 Å². The van der Waals surface area contributed by atoms with Crippen molar-refractivity contribution < 1.29 is 4.74 Å². The van der Waals surface area contributed by atoms with Crippen LogP contribution in [-0.4, -0.2) is 24.6 Å². The average Bonchev–Trinajstić information content (AvgIpc) is 1.98. The van der Waals surface area contributed by atoms with E-state index < -0.39 is 0 Å². The molecular formula is C8H16N2O. The van der Waals surface area contributed by atoms with Gasteiger partial charge in [-0.2, -0.15) is 10.2 Å². The topological polar surface area (TPSA) is 34.0 Å². The van der Waals surface area contributed by atoms with Gasteiger partial charge in [0.15, 0.2) is 0 Å². The van der Waals surface area contributed by atoms with Crippen LogP contribution in [0.3, 0.4) is 0 Å². The zero-order valence-electron chi connectivity index (χ0n) is 7.88. The summed E-state index contributed by atoms with van der Waals surface area (Å²) in [6, 6.07) is 0. The van der Waals surface area contributed by atoms with Crippen molar-refractivity contribution in [3.63, 3.8) is 0 Å². The minimum atomic E-state index is 0.0538. The first-order valence-corrected chi connectivity index (χ1v) is 3.66. The fraction of sp³-hybridized carbons (Fsp3) is 0.750. The van der Waals surface area contributed by atoms with E-state index in [1.54, 1.807) is 7.11 Å². The Labute approximate surface area is 68.2 Å². The van der Waals surface area contributed by atoms with E-state index in [1.165, 1.54) is 0 Å². The van der Waals surface area contributed by atoms with E-state index >= 15 is 0 Å². The first-order chi connectivity index (χ1) is 5.07. The Hall–Kier alpha value is -0.700. The Morgan fingerprint density at radius 1 is 1.18 bits per heavy atom. The summed E-state index contributed by atoms with van der Waals surface area (Å²) in [5.41, 5.74) is 1.85. The van der Waals surface area contributed by atoms with Crippen LogP contribution in [0.5, 0.6) is 0 Å². The van der Waals surface area contributed by atoms with Gasteiger partial charge in [0.1, 0.15) is 0 Å². The van der Waals surface area contributed by atoms with E-state index in [2.05, 4.69) is 10.2 Å². The monoisotopic (exact) mass is 156 g/mol. The predicted molar refractivity (Wildman–Crippen MR) is 48.4 cm³/mol. The van der Waals surface area contributed by atoms with Gasteiger partial charge in [-0.15, -0.1) is 0 Å². The Morgan fingerprint density at radius 2 is 1.73 bits per heavy atom. The van der Waals surface area contributed by atoms with Crippen molar-refractivity contribution in [1.82, 2.24) is 0 Å². The van der Waals surface area contributed by atoms with Crippen molar-refractivity contribution in [3.8, 4) is 0 Å². The molecule has 0 aliphatic carbocycles. The van der Waals surface area contributed by atoms with E-state index in [0.29, 0.717) is 0 Å². The highest BCUT2D eigenvalue weighted by Crippen LogP contribution is 1.93. The molecule has 0 spiro atoms. The molecule has 0 radical (unpaired) electrons. The SMILES string of the molecule is COC(C)/C(C)=N\N=C(C)C. The number of hydrogen-bond donors (Lipinski definition) is 0. The molecule has 0 N–H and O–H groups in total. The summed E-state index contributed by atoms with van der Waals surface area (Å²) in [5, 5.41) is 7.89. The molecule has 0 saturated heterocycles. The van der Waals surface area contributed by atoms with Crippen LogP contribution in [0.1, 0.15) is 27.7 Å².